The minimum Gasteiger partial charge on any atom is -0.378 e. The average Bonchev–Trinajstić information content (AvgIpc) is 2.56. The SMILES string of the molecule is O=C(Nc1cc(Br)ccc1N1CCOCC1)c1ccnc(Cl)c1. The number of aromatic nitrogens is 1. The van der Waals surface area contributed by atoms with Crippen LogP contribution in [0.25, 0.3) is 0 Å². The van der Waals surface area contributed by atoms with Crippen LogP contribution in [-0.2, 0) is 4.74 Å². The van der Waals surface area contributed by atoms with Gasteiger partial charge >= 0.3 is 0 Å². The van der Waals surface area contributed by atoms with Crippen molar-refractivity contribution >= 4 is 44.8 Å². The van der Waals surface area contributed by atoms with Crippen LogP contribution in [0.4, 0.5) is 11.4 Å². The van der Waals surface area contributed by atoms with E-state index in [1.54, 1.807) is 12.1 Å². The largest absolute Gasteiger partial charge is 0.378 e. The van der Waals surface area contributed by atoms with Crippen molar-refractivity contribution in [1.82, 2.24) is 4.98 Å². The fraction of sp³-hybridized carbons (Fsp3) is 0.250. The lowest BCUT2D eigenvalue weighted by Crippen LogP contribution is -2.36. The molecule has 0 saturated carbocycles. The Balaban J connectivity index is 1.86. The maximum absolute atomic E-state index is 12.5. The Kier molecular flexibility index (Phi) is 5.15. The number of carbonyl (C=O) groups excluding carboxylic acids is 1. The number of halogens is 2. The summed E-state index contributed by atoms with van der Waals surface area (Å²) in [6, 6.07) is 9.02. The molecule has 0 aliphatic carbocycles. The first-order valence-corrected chi connectivity index (χ1v) is 8.36. The lowest BCUT2D eigenvalue weighted by atomic mass is 10.2. The number of anilines is 2. The van der Waals surface area contributed by atoms with E-state index in [2.05, 4.69) is 31.1 Å². The minimum atomic E-state index is -0.220. The quantitative estimate of drug-likeness (QED) is 0.806. The standard InChI is InChI=1S/C16H15BrClN3O2/c17-12-1-2-14(21-5-7-23-8-6-21)13(10-12)20-16(22)11-3-4-19-15(18)9-11/h1-4,9-10H,5-8H2,(H,20,22). The first kappa shape index (κ1) is 16.2. The van der Waals surface area contributed by atoms with Crippen LogP contribution in [0.2, 0.25) is 5.15 Å². The molecule has 7 heteroatoms. The van der Waals surface area contributed by atoms with Crippen molar-refractivity contribution in [2.45, 2.75) is 0 Å². The summed E-state index contributed by atoms with van der Waals surface area (Å²) < 4.78 is 6.29. The van der Waals surface area contributed by atoms with Crippen molar-refractivity contribution in [3.05, 3.63) is 51.7 Å². The van der Waals surface area contributed by atoms with Gasteiger partial charge in [0.15, 0.2) is 0 Å². The number of hydrogen-bond donors (Lipinski definition) is 1. The molecule has 1 amide bonds. The van der Waals surface area contributed by atoms with E-state index in [0.29, 0.717) is 23.9 Å². The van der Waals surface area contributed by atoms with Gasteiger partial charge in [-0.15, -0.1) is 0 Å². The molecule has 1 aliphatic rings. The van der Waals surface area contributed by atoms with Crippen LogP contribution in [0.1, 0.15) is 10.4 Å². The number of benzene rings is 1. The van der Waals surface area contributed by atoms with Gasteiger partial charge in [0.2, 0.25) is 0 Å². The predicted octanol–water partition coefficient (Wildman–Crippen LogP) is 3.59. The topological polar surface area (TPSA) is 54.5 Å². The van der Waals surface area contributed by atoms with Crippen LogP contribution in [-0.4, -0.2) is 37.2 Å². The van der Waals surface area contributed by atoms with Gasteiger partial charge in [0.1, 0.15) is 5.15 Å². The number of morpholine rings is 1. The molecule has 3 rings (SSSR count). The second kappa shape index (κ2) is 7.29. The third-order valence-corrected chi connectivity index (χ3v) is 4.25. The summed E-state index contributed by atoms with van der Waals surface area (Å²) in [5, 5.41) is 3.25. The van der Waals surface area contributed by atoms with Crippen LogP contribution < -0.4 is 10.2 Å². The van der Waals surface area contributed by atoms with E-state index >= 15 is 0 Å². The molecule has 0 bridgehead atoms. The van der Waals surface area contributed by atoms with E-state index in [1.165, 1.54) is 6.20 Å². The fourth-order valence-corrected chi connectivity index (χ4v) is 2.96. The van der Waals surface area contributed by atoms with Crippen molar-refractivity contribution in [3.8, 4) is 0 Å². The molecule has 120 valence electrons. The Morgan fingerprint density at radius 1 is 1.26 bits per heavy atom. The highest BCUT2D eigenvalue weighted by molar-refractivity contribution is 9.10. The molecule has 1 aromatic heterocycles. The molecule has 0 atom stereocenters. The maximum atomic E-state index is 12.5. The maximum Gasteiger partial charge on any atom is 0.255 e. The second-order valence-electron chi connectivity index (χ2n) is 5.08. The molecule has 0 unspecified atom stereocenters. The number of ether oxygens (including phenoxy) is 1. The van der Waals surface area contributed by atoms with Crippen molar-refractivity contribution in [1.29, 1.82) is 0 Å². The van der Waals surface area contributed by atoms with Crippen LogP contribution in [0.5, 0.6) is 0 Å². The molecular weight excluding hydrogens is 382 g/mol. The van der Waals surface area contributed by atoms with Gasteiger partial charge in [-0.2, -0.15) is 0 Å². The molecule has 0 spiro atoms. The highest BCUT2D eigenvalue weighted by Crippen LogP contribution is 2.30. The molecule has 2 aromatic rings. The molecule has 1 aromatic carbocycles. The van der Waals surface area contributed by atoms with Crippen LogP contribution >= 0.6 is 27.5 Å². The van der Waals surface area contributed by atoms with Crippen LogP contribution in [0.15, 0.2) is 41.0 Å². The number of nitrogens with zero attached hydrogens (tertiary/aromatic N) is 2. The van der Waals surface area contributed by atoms with Gasteiger partial charge in [0, 0.05) is 29.3 Å². The molecule has 1 N–H and O–H groups in total. The first-order valence-electron chi connectivity index (χ1n) is 7.18. The molecule has 1 fully saturated rings. The summed E-state index contributed by atoms with van der Waals surface area (Å²) in [4.78, 5) is 18.5. The third kappa shape index (κ3) is 4.02. The number of pyridine rings is 1. The van der Waals surface area contributed by atoms with E-state index in [9.17, 15) is 4.79 Å². The van der Waals surface area contributed by atoms with E-state index < -0.39 is 0 Å². The number of nitrogens with one attached hydrogen (secondary N) is 1. The van der Waals surface area contributed by atoms with Crippen LogP contribution in [0.3, 0.4) is 0 Å². The molecule has 0 radical (unpaired) electrons. The molecule has 2 heterocycles. The van der Waals surface area contributed by atoms with Gasteiger partial charge < -0.3 is 15.0 Å². The highest BCUT2D eigenvalue weighted by atomic mass is 79.9. The third-order valence-electron chi connectivity index (χ3n) is 3.55. The Labute approximate surface area is 147 Å². The van der Waals surface area contributed by atoms with Crippen LogP contribution in [0, 0.1) is 0 Å². The lowest BCUT2D eigenvalue weighted by Gasteiger charge is -2.30. The van der Waals surface area contributed by atoms with Gasteiger partial charge in [0.25, 0.3) is 5.91 Å². The van der Waals surface area contributed by atoms with Gasteiger partial charge in [0.05, 0.1) is 24.6 Å². The Bertz CT molecular complexity index is 720. The number of carbonyl (C=O) groups is 1. The number of amides is 1. The number of rotatable bonds is 3. The average molecular weight is 397 g/mol. The molecular formula is C16H15BrClN3O2. The van der Waals surface area contributed by atoms with Gasteiger partial charge in [-0.25, -0.2) is 4.98 Å². The summed E-state index contributed by atoms with van der Waals surface area (Å²) in [7, 11) is 0. The zero-order valence-electron chi connectivity index (χ0n) is 12.3. The van der Waals surface area contributed by atoms with E-state index in [1.807, 2.05) is 18.2 Å². The first-order chi connectivity index (χ1) is 11.1. The summed E-state index contributed by atoms with van der Waals surface area (Å²) in [6.45, 7) is 2.96. The van der Waals surface area contributed by atoms with Crippen molar-refractivity contribution in [2.24, 2.45) is 0 Å². The zero-order chi connectivity index (χ0) is 16.2. The number of hydrogen-bond acceptors (Lipinski definition) is 4. The van der Waals surface area contributed by atoms with E-state index in [0.717, 1.165) is 28.9 Å². The normalized spacial score (nSPS) is 14.6. The van der Waals surface area contributed by atoms with E-state index in [-0.39, 0.29) is 5.91 Å². The smallest absolute Gasteiger partial charge is 0.255 e. The summed E-state index contributed by atoms with van der Waals surface area (Å²) in [5.41, 5.74) is 2.20. The molecule has 5 nitrogen and oxygen atoms in total. The van der Waals surface area contributed by atoms with E-state index in [4.69, 9.17) is 16.3 Å². The monoisotopic (exact) mass is 395 g/mol. The highest BCUT2D eigenvalue weighted by Gasteiger charge is 2.17. The van der Waals surface area contributed by atoms with Gasteiger partial charge in [-0.3, -0.25) is 4.79 Å². The molecule has 1 saturated heterocycles. The van der Waals surface area contributed by atoms with Crippen molar-refractivity contribution in [3.63, 3.8) is 0 Å². The molecule has 23 heavy (non-hydrogen) atoms. The zero-order valence-corrected chi connectivity index (χ0v) is 14.6. The predicted molar refractivity (Wildman–Crippen MR) is 94.4 cm³/mol. The Morgan fingerprint density at radius 2 is 2.04 bits per heavy atom. The summed E-state index contributed by atoms with van der Waals surface area (Å²) in [5.74, 6) is -0.220. The minimum absolute atomic E-state index is 0.220. The Morgan fingerprint density at radius 3 is 2.78 bits per heavy atom. The van der Waals surface area contributed by atoms with Gasteiger partial charge in [-0.05, 0) is 30.3 Å². The second-order valence-corrected chi connectivity index (χ2v) is 6.39. The van der Waals surface area contributed by atoms with Gasteiger partial charge in [-0.1, -0.05) is 27.5 Å². The Hall–Kier alpha value is -1.63. The lowest BCUT2D eigenvalue weighted by molar-refractivity contribution is 0.102. The van der Waals surface area contributed by atoms with Crippen molar-refractivity contribution in [2.75, 3.05) is 36.5 Å². The fourth-order valence-electron chi connectivity index (χ4n) is 2.43. The summed E-state index contributed by atoms with van der Waals surface area (Å²) >= 11 is 9.30. The van der Waals surface area contributed by atoms with Crippen molar-refractivity contribution < 1.29 is 9.53 Å². The summed E-state index contributed by atoms with van der Waals surface area (Å²) in [6.07, 6.45) is 1.51. The molecule has 1 aliphatic heterocycles.